The Labute approximate surface area is 144 Å². The van der Waals surface area contributed by atoms with Crippen LogP contribution in [0, 0.1) is 17.8 Å². The number of hydrogen-bond acceptors (Lipinski definition) is 1. The Kier molecular flexibility index (Phi) is 4.34. The van der Waals surface area contributed by atoms with Crippen LogP contribution in [0.15, 0.2) is 30.5 Å². The van der Waals surface area contributed by atoms with Gasteiger partial charge in [0.25, 0.3) is 0 Å². The highest BCUT2D eigenvalue weighted by Crippen LogP contribution is 2.49. The second kappa shape index (κ2) is 6.62. The third-order valence-corrected chi connectivity index (χ3v) is 6.35. The van der Waals surface area contributed by atoms with E-state index in [1.54, 1.807) is 0 Å². The van der Waals surface area contributed by atoms with Crippen LogP contribution in [0.4, 0.5) is 0 Å². The van der Waals surface area contributed by atoms with E-state index in [0.717, 1.165) is 30.6 Å². The standard InChI is InChI=1S/C21H28N2O/c1-14(19-12-15-9-10-16(19)11-15)23-21(24)8-4-5-17-13-22-20-7-3-2-6-18(17)20/h2-3,6-7,13-16,19,22H,4-5,8-12H2,1H3,(H,23,24). The minimum absolute atomic E-state index is 0.227. The molecule has 128 valence electrons. The Bertz CT molecular complexity index is 719. The Morgan fingerprint density at radius 2 is 2.17 bits per heavy atom. The van der Waals surface area contributed by atoms with Crippen LogP contribution in [-0.4, -0.2) is 16.9 Å². The first-order valence-corrected chi connectivity index (χ1v) is 9.55. The van der Waals surface area contributed by atoms with Gasteiger partial charge in [-0.3, -0.25) is 4.79 Å². The highest BCUT2D eigenvalue weighted by molar-refractivity contribution is 5.83. The van der Waals surface area contributed by atoms with Crippen molar-refractivity contribution in [1.29, 1.82) is 0 Å². The number of hydrogen-bond donors (Lipinski definition) is 2. The number of rotatable bonds is 6. The van der Waals surface area contributed by atoms with Gasteiger partial charge < -0.3 is 10.3 Å². The number of para-hydroxylation sites is 1. The highest BCUT2D eigenvalue weighted by Gasteiger charge is 2.41. The zero-order valence-electron chi connectivity index (χ0n) is 14.6. The lowest BCUT2D eigenvalue weighted by molar-refractivity contribution is -0.122. The van der Waals surface area contributed by atoms with Crippen molar-refractivity contribution in [3.05, 3.63) is 36.0 Å². The maximum absolute atomic E-state index is 12.3. The Morgan fingerprint density at radius 1 is 1.29 bits per heavy atom. The quantitative estimate of drug-likeness (QED) is 0.811. The number of H-pyrrole nitrogens is 1. The van der Waals surface area contributed by atoms with E-state index < -0.39 is 0 Å². The van der Waals surface area contributed by atoms with E-state index in [1.165, 1.54) is 42.1 Å². The van der Waals surface area contributed by atoms with Gasteiger partial charge in [-0.25, -0.2) is 0 Å². The first-order chi connectivity index (χ1) is 11.7. The molecule has 2 fully saturated rings. The molecule has 1 heterocycles. The molecule has 0 saturated heterocycles. The van der Waals surface area contributed by atoms with Crippen molar-refractivity contribution in [2.45, 2.75) is 57.9 Å². The lowest BCUT2D eigenvalue weighted by Gasteiger charge is -2.28. The average molecular weight is 324 g/mol. The molecule has 3 heteroatoms. The van der Waals surface area contributed by atoms with E-state index in [-0.39, 0.29) is 5.91 Å². The second-order valence-corrected chi connectivity index (χ2v) is 7.91. The van der Waals surface area contributed by atoms with Crippen LogP contribution in [0.2, 0.25) is 0 Å². The van der Waals surface area contributed by atoms with E-state index in [2.05, 4.69) is 41.6 Å². The topological polar surface area (TPSA) is 44.9 Å². The van der Waals surface area contributed by atoms with Crippen LogP contribution >= 0.6 is 0 Å². The van der Waals surface area contributed by atoms with Crippen molar-refractivity contribution in [2.24, 2.45) is 17.8 Å². The van der Waals surface area contributed by atoms with E-state index in [4.69, 9.17) is 0 Å². The van der Waals surface area contributed by atoms with Crippen molar-refractivity contribution in [3.8, 4) is 0 Å². The van der Waals surface area contributed by atoms with Gasteiger partial charge in [0.1, 0.15) is 0 Å². The summed E-state index contributed by atoms with van der Waals surface area (Å²) >= 11 is 0. The number of aromatic nitrogens is 1. The molecular weight excluding hydrogens is 296 g/mol. The van der Waals surface area contributed by atoms with E-state index in [9.17, 15) is 4.79 Å². The summed E-state index contributed by atoms with van der Waals surface area (Å²) in [5.74, 6) is 2.77. The van der Waals surface area contributed by atoms with E-state index >= 15 is 0 Å². The van der Waals surface area contributed by atoms with Crippen molar-refractivity contribution in [1.82, 2.24) is 10.3 Å². The number of carbonyl (C=O) groups excluding carboxylic acids is 1. The molecule has 1 aromatic carbocycles. The molecule has 3 nitrogen and oxygen atoms in total. The predicted molar refractivity (Wildman–Crippen MR) is 97.8 cm³/mol. The lowest BCUT2D eigenvalue weighted by atomic mass is 9.84. The van der Waals surface area contributed by atoms with E-state index in [1.807, 2.05) is 6.07 Å². The fourth-order valence-electron chi connectivity index (χ4n) is 5.12. The maximum Gasteiger partial charge on any atom is 0.220 e. The molecule has 0 aliphatic heterocycles. The number of aromatic amines is 1. The van der Waals surface area contributed by atoms with Crippen molar-refractivity contribution < 1.29 is 4.79 Å². The van der Waals surface area contributed by atoms with Crippen LogP contribution in [0.5, 0.6) is 0 Å². The number of benzene rings is 1. The minimum Gasteiger partial charge on any atom is -0.361 e. The molecule has 1 amide bonds. The van der Waals surface area contributed by atoms with Gasteiger partial charge >= 0.3 is 0 Å². The fourth-order valence-corrected chi connectivity index (χ4v) is 5.12. The number of carbonyl (C=O) groups is 1. The van der Waals surface area contributed by atoms with Gasteiger partial charge in [-0.05, 0) is 68.4 Å². The Morgan fingerprint density at radius 3 is 2.96 bits per heavy atom. The molecule has 4 unspecified atom stereocenters. The summed E-state index contributed by atoms with van der Waals surface area (Å²) in [6.45, 7) is 2.21. The van der Waals surface area contributed by atoms with Crippen LogP contribution in [-0.2, 0) is 11.2 Å². The summed E-state index contributed by atoms with van der Waals surface area (Å²) in [5, 5.41) is 4.56. The molecule has 2 bridgehead atoms. The molecule has 0 spiro atoms. The largest absolute Gasteiger partial charge is 0.361 e. The fraction of sp³-hybridized carbons (Fsp3) is 0.571. The highest BCUT2D eigenvalue weighted by atomic mass is 16.1. The molecule has 1 aromatic heterocycles. The summed E-state index contributed by atoms with van der Waals surface area (Å²) in [4.78, 5) is 15.6. The Balaban J connectivity index is 1.25. The SMILES string of the molecule is CC(NC(=O)CCCc1c[nH]c2ccccc12)C1CC2CCC1C2. The first kappa shape index (κ1) is 15.7. The molecule has 2 aromatic rings. The van der Waals surface area contributed by atoms with Crippen molar-refractivity contribution >= 4 is 16.8 Å². The lowest BCUT2D eigenvalue weighted by Crippen LogP contribution is -2.40. The molecule has 0 radical (unpaired) electrons. The van der Waals surface area contributed by atoms with Gasteiger partial charge in [0.15, 0.2) is 0 Å². The van der Waals surface area contributed by atoms with Crippen LogP contribution in [0.1, 0.15) is 51.0 Å². The zero-order valence-corrected chi connectivity index (χ0v) is 14.6. The predicted octanol–water partition coefficient (Wildman–Crippen LogP) is 4.43. The molecule has 2 N–H and O–H groups in total. The van der Waals surface area contributed by atoms with Crippen LogP contribution in [0.3, 0.4) is 0 Å². The Hall–Kier alpha value is -1.77. The molecule has 2 aliphatic rings. The molecular formula is C21H28N2O. The van der Waals surface area contributed by atoms with Crippen molar-refractivity contribution in [3.63, 3.8) is 0 Å². The summed E-state index contributed by atoms with van der Waals surface area (Å²) < 4.78 is 0. The number of nitrogens with one attached hydrogen (secondary N) is 2. The average Bonchev–Trinajstić information content (AvgIpc) is 3.30. The van der Waals surface area contributed by atoms with Crippen LogP contribution < -0.4 is 5.32 Å². The van der Waals surface area contributed by atoms with Gasteiger partial charge in [-0.1, -0.05) is 24.6 Å². The monoisotopic (exact) mass is 324 g/mol. The zero-order chi connectivity index (χ0) is 16.5. The normalized spacial score (nSPS) is 26.8. The van der Waals surface area contributed by atoms with Gasteiger partial charge in [0.05, 0.1) is 0 Å². The number of aryl methyl sites for hydroxylation is 1. The number of fused-ring (bicyclic) bond motifs is 3. The molecule has 4 atom stereocenters. The summed E-state index contributed by atoms with van der Waals surface area (Å²) in [6, 6.07) is 8.72. The maximum atomic E-state index is 12.3. The smallest absolute Gasteiger partial charge is 0.220 e. The van der Waals surface area contributed by atoms with Gasteiger partial charge in [-0.2, -0.15) is 0 Å². The first-order valence-electron chi connectivity index (χ1n) is 9.55. The number of amides is 1. The van der Waals surface area contributed by atoms with Crippen LogP contribution in [0.25, 0.3) is 10.9 Å². The summed E-state index contributed by atoms with van der Waals surface area (Å²) in [5.41, 5.74) is 2.50. The second-order valence-electron chi connectivity index (χ2n) is 7.91. The summed E-state index contributed by atoms with van der Waals surface area (Å²) in [6.07, 6.45) is 10.1. The molecule has 24 heavy (non-hydrogen) atoms. The summed E-state index contributed by atoms with van der Waals surface area (Å²) in [7, 11) is 0. The van der Waals surface area contributed by atoms with Crippen molar-refractivity contribution in [2.75, 3.05) is 0 Å². The minimum atomic E-state index is 0.227. The van der Waals surface area contributed by atoms with Gasteiger partial charge in [0.2, 0.25) is 5.91 Å². The molecule has 4 rings (SSSR count). The van der Waals surface area contributed by atoms with E-state index in [0.29, 0.717) is 12.5 Å². The van der Waals surface area contributed by atoms with Gasteiger partial charge in [0, 0.05) is 29.6 Å². The molecule has 2 saturated carbocycles. The van der Waals surface area contributed by atoms with Gasteiger partial charge in [-0.15, -0.1) is 0 Å². The third kappa shape index (κ3) is 3.09. The molecule has 2 aliphatic carbocycles. The third-order valence-electron chi connectivity index (χ3n) is 6.35.